The van der Waals surface area contributed by atoms with Crippen LogP contribution in [0, 0.1) is 0 Å². The van der Waals surface area contributed by atoms with E-state index in [1.165, 1.54) is 116 Å². The Balaban J connectivity index is 4.35. The molecule has 0 rings (SSSR count). The first-order chi connectivity index (χ1) is 22.7. The first-order valence-corrected chi connectivity index (χ1v) is 20.3. The SMILES string of the molecule is CCCCCCCCCCCCCC/C=C\OC[C@H](COP(=O)(O)OC[C@H](N)C(=O)O)OC(=O)CCCCCCCCCCCCC. The minimum Gasteiger partial charge on any atom is -0.498 e. The molecular weight excluding hydrogens is 621 g/mol. The van der Waals surface area contributed by atoms with E-state index in [-0.39, 0.29) is 13.0 Å². The smallest absolute Gasteiger partial charge is 0.472 e. The van der Waals surface area contributed by atoms with Gasteiger partial charge in [-0.2, -0.15) is 0 Å². The van der Waals surface area contributed by atoms with Gasteiger partial charge in [0.05, 0.1) is 19.5 Å². The summed E-state index contributed by atoms with van der Waals surface area (Å²) in [4.78, 5) is 33.3. The molecule has 0 spiro atoms. The highest BCUT2D eigenvalue weighted by Gasteiger charge is 2.27. The molecule has 0 aliphatic carbocycles. The molecule has 0 saturated carbocycles. The van der Waals surface area contributed by atoms with Crippen LogP contribution in [0.15, 0.2) is 12.3 Å². The molecule has 278 valence electrons. The second kappa shape index (κ2) is 33.1. The first-order valence-electron chi connectivity index (χ1n) is 18.8. The minimum atomic E-state index is -4.62. The number of allylic oxidation sites excluding steroid dienone is 1. The van der Waals surface area contributed by atoms with Crippen LogP contribution in [0.3, 0.4) is 0 Å². The van der Waals surface area contributed by atoms with Crippen molar-refractivity contribution < 1.29 is 42.7 Å². The summed E-state index contributed by atoms with van der Waals surface area (Å²) in [5, 5.41) is 8.85. The lowest BCUT2D eigenvalue weighted by Gasteiger charge is -2.20. The van der Waals surface area contributed by atoms with Gasteiger partial charge in [-0.3, -0.25) is 18.6 Å². The molecule has 0 aliphatic rings. The summed E-state index contributed by atoms with van der Waals surface area (Å²) in [5.41, 5.74) is 5.32. The second-order valence-electron chi connectivity index (χ2n) is 12.8. The van der Waals surface area contributed by atoms with Crippen LogP contribution in [-0.2, 0) is 32.7 Å². The molecule has 3 atom stereocenters. The predicted molar refractivity (Wildman–Crippen MR) is 189 cm³/mol. The number of carbonyl (C=O) groups is 2. The highest BCUT2D eigenvalue weighted by Crippen LogP contribution is 2.43. The lowest BCUT2D eigenvalue weighted by Crippen LogP contribution is -2.34. The summed E-state index contributed by atoms with van der Waals surface area (Å²) >= 11 is 0. The molecule has 0 bridgehead atoms. The van der Waals surface area contributed by atoms with Gasteiger partial charge in [-0.1, -0.05) is 149 Å². The Bertz CT molecular complexity index is 811. The Morgan fingerprint density at radius 2 is 1.09 bits per heavy atom. The molecule has 11 heteroatoms. The fourth-order valence-corrected chi connectivity index (χ4v) is 5.94. The molecule has 10 nitrogen and oxygen atoms in total. The molecule has 47 heavy (non-hydrogen) atoms. The number of unbranched alkanes of at least 4 members (excludes halogenated alkanes) is 22. The van der Waals surface area contributed by atoms with Crippen molar-refractivity contribution in [2.75, 3.05) is 19.8 Å². The Morgan fingerprint density at radius 1 is 0.660 bits per heavy atom. The highest BCUT2D eigenvalue weighted by molar-refractivity contribution is 7.47. The summed E-state index contributed by atoms with van der Waals surface area (Å²) in [6.45, 7) is 3.26. The number of carbonyl (C=O) groups excluding carboxylic acids is 1. The predicted octanol–water partition coefficient (Wildman–Crippen LogP) is 9.77. The van der Waals surface area contributed by atoms with Crippen LogP contribution in [0.25, 0.3) is 0 Å². The number of phosphoric acid groups is 1. The molecule has 0 heterocycles. The van der Waals surface area contributed by atoms with Crippen LogP contribution in [0.5, 0.6) is 0 Å². The molecular formula is C36H70NO9P. The standard InChI is InChI=1S/C36H70NO9P/c1-3-5-7-9-11-13-15-16-17-19-21-23-25-27-29-43-30-33(31-44-47(41,42)45-32-34(37)36(39)40)46-35(38)28-26-24-22-20-18-14-12-10-8-6-4-2/h27,29,33-34H,3-26,28,30-32,37H2,1-2H3,(H,39,40)(H,41,42)/b29-27-/t33-,34+/m1/s1. The number of aliphatic carboxylic acids is 1. The van der Waals surface area contributed by atoms with E-state index in [1.807, 2.05) is 6.08 Å². The molecule has 0 fully saturated rings. The lowest BCUT2D eigenvalue weighted by molar-refractivity contribution is -0.153. The third-order valence-corrected chi connectivity index (χ3v) is 9.09. The van der Waals surface area contributed by atoms with Crippen molar-refractivity contribution in [3.63, 3.8) is 0 Å². The van der Waals surface area contributed by atoms with Crippen molar-refractivity contribution in [2.45, 2.75) is 187 Å². The van der Waals surface area contributed by atoms with Gasteiger partial charge < -0.3 is 25.2 Å². The van der Waals surface area contributed by atoms with Crippen molar-refractivity contribution in [1.82, 2.24) is 0 Å². The quantitative estimate of drug-likeness (QED) is 0.0250. The van der Waals surface area contributed by atoms with Crippen LogP contribution >= 0.6 is 7.82 Å². The fraction of sp³-hybridized carbons (Fsp3) is 0.889. The summed E-state index contributed by atoms with van der Waals surface area (Å²) < 4.78 is 32.9. The van der Waals surface area contributed by atoms with E-state index >= 15 is 0 Å². The second-order valence-corrected chi connectivity index (χ2v) is 14.2. The van der Waals surface area contributed by atoms with Gasteiger partial charge in [-0.15, -0.1) is 0 Å². The van der Waals surface area contributed by atoms with Crippen molar-refractivity contribution in [1.29, 1.82) is 0 Å². The van der Waals surface area contributed by atoms with Crippen LogP contribution in [0.2, 0.25) is 0 Å². The van der Waals surface area contributed by atoms with Crippen molar-refractivity contribution in [2.24, 2.45) is 5.73 Å². The Labute approximate surface area is 286 Å². The number of hydrogen-bond donors (Lipinski definition) is 3. The fourth-order valence-electron chi connectivity index (χ4n) is 5.16. The number of nitrogens with two attached hydrogens (primary N) is 1. The van der Waals surface area contributed by atoms with E-state index in [1.54, 1.807) is 6.26 Å². The molecule has 0 radical (unpaired) electrons. The molecule has 1 unspecified atom stereocenters. The van der Waals surface area contributed by atoms with E-state index < -0.39 is 45.1 Å². The number of phosphoric ester groups is 1. The van der Waals surface area contributed by atoms with Gasteiger partial charge >= 0.3 is 19.8 Å². The molecule has 0 aromatic heterocycles. The van der Waals surface area contributed by atoms with E-state index in [2.05, 4.69) is 18.4 Å². The zero-order chi connectivity index (χ0) is 34.9. The van der Waals surface area contributed by atoms with Crippen LogP contribution in [0.4, 0.5) is 0 Å². The number of hydrogen-bond acceptors (Lipinski definition) is 8. The number of carboxylic acid groups (broad SMARTS) is 1. The largest absolute Gasteiger partial charge is 0.498 e. The first kappa shape index (κ1) is 45.6. The van der Waals surface area contributed by atoms with Gasteiger partial charge in [-0.25, -0.2) is 4.57 Å². The minimum absolute atomic E-state index is 0.0619. The third-order valence-electron chi connectivity index (χ3n) is 8.14. The van der Waals surface area contributed by atoms with Gasteiger partial charge in [0.2, 0.25) is 0 Å². The molecule has 4 N–H and O–H groups in total. The van der Waals surface area contributed by atoms with E-state index in [0.29, 0.717) is 6.42 Å². The van der Waals surface area contributed by atoms with Gasteiger partial charge in [0.15, 0.2) is 6.10 Å². The van der Waals surface area contributed by atoms with E-state index in [0.717, 1.165) is 32.1 Å². The molecule has 0 aromatic rings. The zero-order valence-electron chi connectivity index (χ0n) is 29.9. The average molecular weight is 692 g/mol. The molecule has 0 aromatic carbocycles. The molecule has 0 saturated heterocycles. The van der Waals surface area contributed by atoms with Crippen LogP contribution in [-0.4, -0.2) is 53.9 Å². The Hall–Kier alpha value is -1.45. The topological polar surface area (TPSA) is 155 Å². The third kappa shape index (κ3) is 32.9. The molecule has 0 aliphatic heterocycles. The maximum absolute atomic E-state index is 12.5. The van der Waals surface area contributed by atoms with Gasteiger partial charge in [0.25, 0.3) is 0 Å². The van der Waals surface area contributed by atoms with Gasteiger partial charge in [0.1, 0.15) is 12.6 Å². The lowest BCUT2D eigenvalue weighted by atomic mass is 10.0. The van der Waals surface area contributed by atoms with Crippen LogP contribution < -0.4 is 5.73 Å². The zero-order valence-corrected chi connectivity index (χ0v) is 30.8. The number of carboxylic acids is 1. The van der Waals surface area contributed by atoms with Crippen molar-refractivity contribution in [3.05, 3.63) is 12.3 Å². The highest BCUT2D eigenvalue weighted by atomic mass is 31.2. The maximum Gasteiger partial charge on any atom is 0.472 e. The summed E-state index contributed by atoms with van der Waals surface area (Å²) in [6, 6.07) is -1.47. The van der Waals surface area contributed by atoms with Crippen LogP contribution in [0.1, 0.15) is 174 Å². The Kier molecular flexibility index (Phi) is 32.0. The maximum atomic E-state index is 12.5. The van der Waals surface area contributed by atoms with Crippen molar-refractivity contribution >= 4 is 19.8 Å². The number of rotatable bonds is 36. The summed E-state index contributed by atoms with van der Waals surface area (Å²) in [6.07, 6.45) is 32.1. The average Bonchev–Trinajstić information content (AvgIpc) is 3.04. The summed E-state index contributed by atoms with van der Waals surface area (Å²) in [7, 11) is -4.62. The van der Waals surface area contributed by atoms with Crippen molar-refractivity contribution in [3.8, 4) is 0 Å². The monoisotopic (exact) mass is 691 g/mol. The normalized spacial score (nSPS) is 14.2. The van der Waals surface area contributed by atoms with Gasteiger partial charge in [0, 0.05) is 6.42 Å². The Morgan fingerprint density at radius 3 is 1.55 bits per heavy atom. The molecule has 0 amide bonds. The van der Waals surface area contributed by atoms with Gasteiger partial charge in [-0.05, 0) is 25.3 Å². The summed E-state index contributed by atoms with van der Waals surface area (Å²) in [5.74, 6) is -1.80. The van der Waals surface area contributed by atoms with E-state index in [4.69, 9.17) is 24.8 Å². The number of esters is 1. The number of ether oxygens (including phenoxy) is 2. The van der Waals surface area contributed by atoms with E-state index in [9.17, 15) is 19.0 Å².